The molecule has 0 aliphatic carbocycles. The zero-order valence-electron chi connectivity index (χ0n) is 11.9. The summed E-state index contributed by atoms with van der Waals surface area (Å²) in [6.45, 7) is 1.28. The van der Waals surface area contributed by atoms with Gasteiger partial charge >= 0.3 is 5.69 Å². The number of hydrogen-bond acceptors (Lipinski definition) is 7. The van der Waals surface area contributed by atoms with E-state index in [2.05, 4.69) is 4.98 Å². The van der Waals surface area contributed by atoms with E-state index in [1.54, 1.807) is 0 Å². The first-order valence-corrected chi connectivity index (χ1v) is 8.02. The van der Waals surface area contributed by atoms with Gasteiger partial charge in [0.25, 0.3) is 0 Å². The molecule has 21 heavy (non-hydrogen) atoms. The molecule has 0 spiro atoms. The zero-order chi connectivity index (χ0) is 15.6. The van der Waals surface area contributed by atoms with Gasteiger partial charge in [0, 0.05) is 12.1 Å². The maximum Gasteiger partial charge on any atom is 0.306 e. The lowest BCUT2D eigenvalue weighted by Gasteiger charge is -2.28. The van der Waals surface area contributed by atoms with E-state index in [-0.39, 0.29) is 5.88 Å². The van der Waals surface area contributed by atoms with Crippen molar-refractivity contribution in [2.45, 2.75) is 23.1 Å². The zero-order valence-corrected chi connectivity index (χ0v) is 12.7. The molecule has 0 radical (unpaired) electrons. The summed E-state index contributed by atoms with van der Waals surface area (Å²) in [6.07, 6.45) is 0.879. The molecule has 1 aromatic heterocycles. The van der Waals surface area contributed by atoms with Crippen LogP contribution in [0, 0.1) is 10.1 Å². The van der Waals surface area contributed by atoms with Crippen LogP contribution in [0.1, 0.15) is 12.8 Å². The molecule has 2 rings (SSSR count). The number of hydrogen-bond donors (Lipinski definition) is 0. The molecule has 1 aromatic rings. The molecule has 8 nitrogen and oxygen atoms in total. The van der Waals surface area contributed by atoms with E-state index in [1.807, 2.05) is 11.9 Å². The Morgan fingerprint density at radius 3 is 2.52 bits per heavy atom. The molecule has 0 N–H and O–H groups in total. The largest absolute Gasteiger partial charge is 0.481 e. The minimum atomic E-state index is -3.85. The van der Waals surface area contributed by atoms with Crippen LogP contribution in [0.15, 0.2) is 17.2 Å². The maximum atomic E-state index is 12.6. The molecule has 1 aliphatic heterocycles. The van der Waals surface area contributed by atoms with Crippen LogP contribution < -0.4 is 4.74 Å². The quantitative estimate of drug-likeness (QED) is 0.600. The average molecular weight is 315 g/mol. The third-order valence-corrected chi connectivity index (χ3v) is 5.78. The molecule has 0 atom stereocenters. The summed E-state index contributed by atoms with van der Waals surface area (Å²) in [6, 6.07) is 2.40. The van der Waals surface area contributed by atoms with Crippen molar-refractivity contribution >= 4 is 15.5 Å². The van der Waals surface area contributed by atoms with E-state index in [1.165, 1.54) is 13.2 Å². The number of nitrogens with zero attached hydrogens (tertiary/aromatic N) is 3. The first kappa shape index (κ1) is 15.6. The SMILES string of the molecule is COc1ccc([N+](=O)[O-])c(S(=O)(=O)C2CCN(C)CC2)n1. The molecule has 0 aromatic carbocycles. The number of pyridine rings is 1. The number of piperidine rings is 1. The summed E-state index contributed by atoms with van der Waals surface area (Å²) < 4.78 is 30.2. The van der Waals surface area contributed by atoms with Gasteiger partial charge in [-0.2, -0.15) is 4.98 Å². The normalized spacial score (nSPS) is 17.6. The fourth-order valence-electron chi connectivity index (χ4n) is 2.33. The Morgan fingerprint density at radius 2 is 2.00 bits per heavy atom. The van der Waals surface area contributed by atoms with Crippen LogP contribution in [-0.4, -0.2) is 55.7 Å². The second-order valence-corrected chi connectivity index (χ2v) is 7.13. The molecule has 0 saturated carbocycles. The van der Waals surface area contributed by atoms with E-state index in [0.29, 0.717) is 25.9 Å². The second-order valence-electron chi connectivity index (χ2n) is 4.98. The van der Waals surface area contributed by atoms with Gasteiger partial charge in [-0.15, -0.1) is 0 Å². The highest BCUT2D eigenvalue weighted by Crippen LogP contribution is 2.30. The van der Waals surface area contributed by atoms with Gasteiger partial charge < -0.3 is 9.64 Å². The van der Waals surface area contributed by atoms with Gasteiger partial charge in [0.15, 0.2) is 0 Å². The lowest BCUT2D eigenvalue weighted by Crippen LogP contribution is -2.37. The summed E-state index contributed by atoms with van der Waals surface area (Å²) in [5.41, 5.74) is -0.505. The molecule has 116 valence electrons. The summed E-state index contributed by atoms with van der Waals surface area (Å²) in [5, 5.41) is 9.91. The fraction of sp³-hybridized carbons (Fsp3) is 0.583. The standard InChI is InChI=1S/C12H17N3O5S/c1-14-7-5-9(6-8-14)21(18,19)12-10(15(16)17)3-4-11(13-12)20-2/h3-4,9H,5-8H2,1-2H3. The molecule has 9 heteroatoms. The highest BCUT2D eigenvalue weighted by Gasteiger charge is 2.37. The Labute approximate surface area is 122 Å². The fourth-order valence-corrected chi connectivity index (χ4v) is 4.13. The summed E-state index contributed by atoms with van der Waals surface area (Å²) in [7, 11) is -0.608. The van der Waals surface area contributed by atoms with Crippen molar-refractivity contribution in [2.24, 2.45) is 0 Å². The van der Waals surface area contributed by atoms with Crippen molar-refractivity contribution in [3.05, 3.63) is 22.2 Å². The van der Waals surface area contributed by atoms with Gasteiger partial charge in [0.05, 0.1) is 17.3 Å². The molecule has 1 fully saturated rings. The third kappa shape index (κ3) is 3.13. The van der Waals surface area contributed by atoms with E-state index in [9.17, 15) is 18.5 Å². The Balaban J connectivity index is 2.45. The predicted molar refractivity (Wildman–Crippen MR) is 75.1 cm³/mol. The topological polar surface area (TPSA) is 103 Å². The number of rotatable bonds is 4. The van der Waals surface area contributed by atoms with Crippen LogP contribution in [-0.2, 0) is 9.84 Å². The summed E-state index contributed by atoms with van der Waals surface area (Å²) >= 11 is 0. The molecule has 1 aliphatic rings. The van der Waals surface area contributed by atoms with Gasteiger partial charge in [-0.1, -0.05) is 0 Å². The highest BCUT2D eigenvalue weighted by molar-refractivity contribution is 7.92. The first-order chi connectivity index (χ1) is 9.86. The van der Waals surface area contributed by atoms with Crippen LogP contribution >= 0.6 is 0 Å². The van der Waals surface area contributed by atoms with Gasteiger partial charge in [-0.25, -0.2) is 8.42 Å². The van der Waals surface area contributed by atoms with Crippen molar-refractivity contribution in [2.75, 3.05) is 27.2 Å². The molecule has 0 bridgehead atoms. The van der Waals surface area contributed by atoms with Crippen molar-refractivity contribution in [3.63, 3.8) is 0 Å². The van der Waals surface area contributed by atoms with Crippen LogP contribution in [0.3, 0.4) is 0 Å². The van der Waals surface area contributed by atoms with Crippen LogP contribution in [0.4, 0.5) is 5.69 Å². The smallest absolute Gasteiger partial charge is 0.306 e. The number of methoxy groups -OCH3 is 1. The second kappa shape index (κ2) is 5.94. The Morgan fingerprint density at radius 1 is 1.38 bits per heavy atom. The maximum absolute atomic E-state index is 12.6. The van der Waals surface area contributed by atoms with Gasteiger partial charge in [0.1, 0.15) is 0 Å². The Bertz CT molecular complexity index is 638. The van der Waals surface area contributed by atoms with E-state index in [4.69, 9.17) is 4.74 Å². The van der Waals surface area contributed by atoms with Crippen molar-refractivity contribution in [1.82, 2.24) is 9.88 Å². The summed E-state index contributed by atoms with van der Waals surface area (Å²) in [4.78, 5) is 16.2. The van der Waals surface area contributed by atoms with Crippen molar-refractivity contribution in [3.8, 4) is 5.88 Å². The number of aromatic nitrogens is 1. The van der Waals surface area contributed by atoms with E-state index in [0.717, 1.165) is 6.07 Å². The molecule has 1 saturated heterocycles. The van der Waals surface area contributed by atoms with Gasteiger partial charge in [-0.05, 0) is 33.0 Å². The number of likely N-dealkylation sites (tertiary alicyclic amines) is 1. The monoisotopic (exact) mass is 315 g/mol. The van der Waals surface area contributed by atoms with Gasteiger partial charge in [-0.3, -0.25) is 10.1 Å². The minimum Gasteiger partial charge on any atom is -0.481 e. The van der Waals surface area contributed by atoms with Crippen molar-refractivity contribution in [1.29, 1.82) is 0 Å². The lowest BCUT2D eigenvalue weighted by atomic mass is 10.1. The predicted octanol–water partition coefficient (Wildman–Crippen LogP) is 0.866. The number of nitro groups is 1. The third-order valence-electron chi connectivity index (χ3n) is 3.59. The minimum absolute atomic E-state index is 0.0482. The molecule has 0 unspecified atom stereocenters. The molecular formula is C12H17N3O5S. The Hall–Kier alpha value is -1.74. The van der Waals surface area contributed by atoms with E-state index < -0.39 is 30.7 Å². The highest BCUT2D eigenvalue weighted by atomic mass is 32.2. The Kier molecular flexibility index (Phi) is 4.43. The van der Waals surface area contributed by atoms with Crippen LogP contribution in [0.5, 0.6) is 5.88 Å². The molecule has 2 heterocycles. The number of sulfone groups is 1. The van der Waals surface area contributed by atoms with Crippen LogP contribution in [0.25, 0.3) is 0 Å². The van der Waals surface area contributed by atoms with Crippen LogP contribution in [0.2, 0.25) is 0 Å². The van der Waals surface area contributed by atoms with Crippen molar-refractivity contribution < 1.29 is 18.1 Å². The first-order valence-electron chi connectivity index (χ1n) is 6.48. The molecular weight excluding hydrogens is 298 g/mol. The average Bonchev–Trinajstić information content (AvgIpc) is 2.47. The molecule has 0 amide bonds. The summed E-state index contributed by atoms with van der Waals surface area (Å²) in [5.74, 6) is 0.0482. The lowest BCUT2D eigenvalue weighted by molar-refractivity contribution is -0.388. The van der Waals surface area contributed by atoms with Gasteiger partial charge in [0.2, 0.25) is 20.7 Å². The number of ether oxygens (including phenoxy) is 1. The van der Waals surface area contributed by atoms with E-state index >= 15 is 0 Å².